The first-order valence-corrected chi connectivity index (χ1v) is 22.1. The molecule has 1 amide bonds. The highest BCUT2D eigenvalue weighted by Crippen LogP contribution is 2.35. The zero-order valence-electron chi connectivity index (χ0n) is 37.0. The van der Waals surface area contributed by atoms with Crippen molar-refractivity contribution >= 4 is 5.91 Å². The van der Waals surface area contributed by atoms with E-state index >= 15 is 0 Å². The normalized spacial score (nSPS) is 51.5. The Hall–Kier alpha value is -1.73. The zero-order valence-corrected chi connectivity index (χ0v) is 37.0. The first-order chi connectivity index (χ1) is 33.1. The number of nitrogens with one attached hydrogen (secondary N) is 1. The van der Waals surface area contributed by atoms with E-state index in [2.05, 4.69) is 5.32 Å². The molecule has 6 fully saturated rings. The molecule has 32 heteroatoms. The van der Waals surface area contributed by atoms with Gasteiger partial charge in [0, 0.05) is 6.92 Å². The van der Waals surface area contributed by atoms with E-state index in [9.17, 15) is 102 Å². The number of amides is 1. The van der Waals surface area contributed by atoms with Crippen LogP contribution in [-0.2, 0) is 56.9 Å². The standard InChI is InChI=1S/C38H65NO31/c1-8(44)39-15-21(50)30(68-36-26(55)22(51)16(45)9(2-40)63-36)12(5-43)66-34(15)60-6-13-18(47)24(53)25(54)35(67-13)61-7-14-20(49)31(28(57)33(59)62-14)69-38-29(58)32(19(48)11(4-42)65-38)70-37-27(56)23(52)17(46)10(3-41)64-37/h9-38,40-43,45-59H,2-7H2,1H3,(H,39,44)/t9-,10-,11-,12-,13-,14-,15-,16-,17-,18-,19-,20?,21-,22+,23+,24+,25+,26+,27+,28+,29+,30?,31+,32+,33-,34+,35+,36+,37-,38-/m1/s1. The maximum Gasteiger partial charge on any atom is 0.217 e. The Morgan fingerprint density at radius 1 is 0.371 bits per heavy atom. The second-order valence-corrected chi connectivity index (χ2v) is 17.6. The molecule has 20 N–H and O–H groups in total. The fraction of sp³-hybridized carbons (Fsp3) is 0.974. The lowest BCUT2D eigenvalue weighted by Crippen LogP contribution is -2.68. The second kappa shape index (κ2) is 24.7. The Morgan fingerprint density at radius 2 is 0.729 bits per heavy atom. The smallest absolute Gasteiger partial charge is 0.217 e. The van der Waals surface area contributed by atoms with Gasteiger partial charge in [-0.15, -0.1) is 0 Å². The minimum Gasteiger partial charge on any atom is -0.394 e. The molecular formula is C38H65NO31. The van der Waals surface area contributed by atoms with Gasteiger partial charge in [0.2, 0.25) is 5.91 Å². The molecule has 0 aromatic rings. The van der Waals surface area contributed by atoms with Crippen LogP contribution < -0.4 is 5.32 Å². The number of hydrogen-bond donors (Lipinski definition) is 20. The lowest BCUT2D eigenvalue weighted by molar-refractivity contribution is -0.381. The average Bonchev–Trinajstić information content (AvgIpc) is 3.33. The number of ether oxygens (including phenoxy) is 11. The van der Waals surface area contributed by atoms with Gasteiger partial charge >= 0.3 is 0 Å². The van der Waals surface area contributed by atoms with Gasteiger partial charge in [-0.2, -0.15) is 0 Å². The van der Waals surface area contributed by atoms with Gasteiger partial charge < -0.3 is 154 Å². The van der Waals surface area contributed by atoms with Gasteiger partial charge in [-0.05, 0) is 0 Å². The Balaban J connectivity index is 1.09. The summed E-state index contributed by atoms with van der Waals surface area (Å²) in [5.41, 5.74) is 0. The van der Waals surface area contributed by atoms with E-state index in [4.69, 9.17) is 52.1 Å². The summed E-state index contributed by atoms with van der Waals surface area (Å²) in [6, 6.07) is -1.57. The van der Waals surface area contributed by atoms with Crippen LogP contribution in [0.25, 0.3) is 0 Å². The highest BCUT2D eigenvalue weighted by atomic mass is 16.8. The molecule has 0 spiro atoms. The molecule has 6 aliphatic heterocycles. The van der Waals surface area contributed by atoms with Crippen LogP contribution in [0.5, 0.6) is 0 Å². The molecule has 6 saturated heterocycles. The number of rotatable bonds is 17. The molecule has 0 radical (unpaired) electrons. The largest absolute Gasteiger partial charge is 0.394 e. The fourth-order valence-electron chi connectivity index (χ4n) is 8.70. The molecular weight excluding hydrogens is 966 g/mol. The first kappa shape index (κ1) is 57.5. The predicted molar refractivity (Wildman–Crippen MR) is 211 cm³/mol. The van der Waals surface area contributed by atoms with Crippen molar-refractivity contribution in [3.63, 3.8) is 0 Å². The summed E-state index contributed by atoms with van der Waals surface area (Å²) >= 11 is 0. The number of aliphatic hydroxyl groups is 19. The summed E-state index contributed by atoms with van der Waals surface area (Å²) in [6.07, 6.45) is -53.9. The van der Waals surface area contributed by atoms with Crippen molar-refractivity contribution in [2.45, 2.75) is 191 Å². The molecule has 6 heterocycles. The van der Waals surface area contributed by atoms with Gasteiger partial charge in [-0.25, -0.2) is 0 Å². The number of hydrogen-bond acceptors (Lipinski definition) is 31. The summed E-state index contributed by atoms with van der Waals surface area (Å²) in [7, 11) is 0. The van der Waals surface area contributed by atoms with Crippen molar-refractivity contribution in [1.29, 1.82) is 0 Å². The van der Waals surface area contributed by atoms with E-state index in [1.165, 1.54) is 0 Å². The zero-order chi connectivity index (χ0) is 51.6. The van der Waals surface area contributed by atoms with E-state index in [-0.39, 0.29) is 0 Å². The van der Waals surface area contributed by atoms with Crippen LogP contribution in [0.1, 0.15) is 6.92 Å². The SMILES string of the molecule is CC(=O)N[C@H]1[C@@H](OC[C@H]2O[C@H](OC[C@H]3O[C@@H](O)[C@@H](O)[C@@H](O[C@H]4O[C@H](CO)[C@@H](O)[C@H](O[C@H]5O[C@H](CO)[C@@H](O)[C@H](O)[C@@H]5O)[C@@H]4O)C3O)[C@@H](O)[C@@H](O)[C@@H]2O)O[C@H](CO)C(O[C@@H]2O[C@H](CO)[C@@H](O)[C@H](O)[C@@H]2O)[C@@H]1O. The van der Waals surface area contributed by atoms with Gasteiger partial charge in [0.15, 0.2) is 37.7 Å². The van der Waals surface area contributed by atoms with Gasteiger partial charge in [-0.1, -0.05) is 0 Å². The van der Waals surface area contributed by atoms with Crippen LogP contribution in [0.3, 0.4) is 0 Å². The van der Waals surface area contributed by atoms with Gasteiger partial charge in [0.05, 0.1) is 39.6 Å². The summed E-state index contributed by atoms with van der Waals surface area (Å²) in [5.74, 6) is -0.755. The highest BCUT2D eigenvalue weighted by molar-refractivity contribution is 5.73. The van der Waals surface area contributed by atoms with E-state index in [0.29, 0.717) is 0 Å². The maximum atomic E-state index is 12.2. The Kier molecular flexibility index (Phi) is 20.3. The molecule has 30 atom stereocenters. The van der Waals surface area contributed by atoms with Crippen molar-refractivity contribution in [2.24, 2.45) is 0 Å². The van der Waals surface area contributed by atoms with Crippen molar-refractivity contribution < 1.29 is 154 Å². The third kappa shape index (κ3) is 12.2. The number of aliphatic hydroxyl groups excluding tert-OH is 19. The van der Waals surface area contributed by atoms with Crippen LogP contribution >= 0.6 is 0 Å². The third-order valence-corrected chi connectivity index (χ3v) is 12.8. The summed E-state index contributed by atoms with van der Waals surface area (Å²) in [5, 5.41) is 202. The monoisotopic (exact) mass is 1030 g/mol. The van der Waals surface area contributed by atoms with Crippen LogP contribution in [0.4, 0.5) is 0 Å². The lowest BCUT2D eigenvalue weighted by Gasteiger charge is -2.48. The summed E-state index contributed by atoms with van der Waals surface area (Å²) in [4.78, 5) is 12.2. The maximum absolute atomic E-state index is 12.2. The van der Waals surface area contributed by atoms with Crippen LogP contribution in [0, 0.1) is 0 Å². The summed E-state index contributed by atoms with van der Waals surface area (Å²) < 4.78 is 60.9. The minimum absolute atomic E-state index is 0.755. The van der Waals surface area contributed by atoms with E-state index in [1.807, 2.05) is 0 Å². The molecule has 6 aliphatic rings. The third-order valence-electron chi connectivity index (χ3n) is 12.8. The van der Waals surface area contributed by atoms with E-state index in [1.54, 1.807) is 0 Å². The number of carbonyl (C=O) groups excluding carboxylic acids is 1. The van der Waals surface area contributed by atoms with E-state index < -0.39 is 230 Å². The van der Waals surface area contributed by atoms with E-state index in [0.717, 1.165) is 6.92 Å². The Morgan fingerprint density at radius 3 is 1.21 bits per heavy atom. The second-order valence-electron chi connectivity index (χ2n) is 17.6. The van der Waals surface area contributed by atoms with Gasteiger partial charge in [-0.3, -0.25) is 4.79 Å². The molecule has 0 aromatic carbocycles. The topological polar surface area (TPSA) is 515 Å². The number of carbonyl (C=O) groups is 1. The Labute approximate surface area is 395 Å². The molecule has 2 unspecified atom stereocenters. The molecule has 0 aromatic heterocycles. The quantitative estimate of drug-likeness (QED) is 0.0643. The highest BCUT2D eigenvalue weighted by Gasteiger charge is 2.56. The van der Waals surface area contributed by atoms with Crippen LogP contribution in [0.2, 0.25) is 0 Å². The Bertz CT molecular complexity index is 1630. The van der Waals surface area contributed by atoms with Crippen LogP contribution in [0.15, 0.2) is 0 Å². The van der Waals surface area contributed by atoms with Gasteiger partial charge in [0.1, 0.15) is 146 Å². The van der Waals surface area contributed by atoms with Crippen molar-refractivity contribution in [3.8, 4) is 0 Å². The van der Waals surface area contributed by atoms with Gasteiger partial charge in [0.25, 0.3) is 0 Å². The minimum atomic E-state index is -2.18. The summed E-state index contributed by atoms with van der Waals surface area (Å²) in [6.45, 7) is -4.16. The fourth-order valence-corrected chi connectivity index (χ4v) is 8.70. The molecule has 0 aliphatic carbocycles. The predicted octanol–water partition coefficient (Wildman–Crippen LogP) is -14.0. The van der Waals surface area contributed by atoms with Crippen molar-refractivity contribution in [2.75, 3.05) is 39.6 Å². The van der Waals surface area contributed by atoms with Crippen molar-refractivity contribution in [1.82, 2.24) is 5.32 Å². The van der Waals surface area contributed by atoms with Crippen LogP contribution in [-0.4, -0.2) is 327 Å². The average molecular weight is 1030 g/mol. The molecule has 0 bridgehead atoms. The molecule has 408 valence electrons. The molecule has 0 saturated carbocycles. The molecule has 32 nitrogen and oxygen atoms in total. The van der Waals surface area contributed by atoms with Crippen molar-refractivity contribution in [3.05, 3.63) is 0 Å². The molecule has 70 heavy (non-hydrogen) atoms. The first-order valence-electron chi connectivity index (χ1n) is 22.1. The molecule has 6 rings (SSSR count). The lowest BCUT2D eigenvalue weighted by atomic mass is 9.95.